The molecular formula is C11H12N6O3. The highest BCUT2D eigenvalue weighted by molar-refractivity contribution is 5.80. The van der Waals surface area contributed by atoms with E-state index in [4.69, 9.17) is 15.2 Å². The Kier molecular flexibility index (Phi) is 2.38. The first kappa shape index (κ1) is 11.6. The molecule has 0 spiro atoms. The fourth-order valence-electron chi connectivity index (χ4n) is 2.51. The lowest BCUT2D eigenvalue weighted by Crippen LogP contribution is -2.37. The summed E-state index contributed by atoms with van der Waals surface area (Å²) >= 11 is 0. The van der Waals surface area contributed by atoms with Crippen LogP contribution in [0.5, 0.6) is 0 Å². The van der Waals surface area contributed by atoms with E-state index in [0.717, 1.165) is 0 Å². The molecule has 9 nitrogen and oxygen atoms in total. The summed E-state index contributed by atoms with van der Waals surface area (Å²) in [4.78, 5) is 4.16. The number of aliphatic hydroxyl groups is 1. The van der Waals surface area contributed by atoms with Gasteiger partial charge >= 0.3 is 0 Å². The Balaban J connectivity index is 1.67. The molecule has 9 heteroatoms. The molecule has 2 aliphatic heterocycles. The van der Waals surface area contributed by atoms with Gasteiger partial charge in [-0.1, -0.05) is 0 Å². The van der Waals surface area contributed by atoms with Crippen LogP contribution in [0.1, 0.15) is 12.6 Å². The SMILES string of the molecule is Nc1nnnc2c1ncn2[C@H]1C[C@H](O)[C@@H](C2C=CO2)O1. The second-order valence-electron chi connectivity index (χ2n) is 4.79. The van der Waals surface area contributed by atoms with Gasteiger partial charge in [0.1, 0.15) is 18.4 Å². The first-order chi connectivity index (χ1) is 9.74. The van der Waals surface area contributed by atoms with E-state index < -0.39 is 12.2 Å². The summed E-state index contributed by atoms with van der Waals surface area (Å²) in [6.07, 6.45) is 3.83. The van der Waals surface area contributed by atoms with Crippen LogP contribution >= 0.6 is 0 Å². The summed E-state index contributed by atoms with van der Waals surface area (Å²) in [6, 6.07) is 0. The van der Waals surface area contributed by atoms with Crippen molar-refractivity contribution in [2.24, 2.45) is 0 Å². The molecule has 2 aromatic heterocycles. The van der Waals surface area contributed by atoms with Crippen LogP contribution in [0.3, 0.4) is 0 Å². The molecule has 0 amide bonds. The van der Waals surface area contributed by atoms with Crippen LogP contribution in [0, 0.1) is 0 Å². The van der Waals surface area contributed by atoms with E-state index in [2.05, 4.69) is 20.4 Å². The third kappa shape index (κ3) is 1.57. The van der Waals surface area contributed by atoms with Crippen LogP contribution < -0.4 is 5.73 Å². The van der Waals surface area contributed by atoms with Crippen LogP contribution in [0.4, 0.5) is 5.82 Å². The lowest BCUT2D eigenvalue weighted by atomic mass is 10.1. The normalized spacial score (nSPS) is 32.2. The Morgan fingerprint density at radius 3 is 3.00 bits per heavy atom. The Labute approximate surface area is 113 Å². The van der Waals surface area contributed by atoms with Crippen molar-refractivity contribution in [3.05, 3.63) is 18.7 Å². The third-order valence-electron chi connectivity index (χ3n) is 3.58. The number of nitrogen functional groups attached to an aromatic ring is 1. The molecule has 4 heterocycles. The number of aliphatic hydroxyl groups excluding tert-OH is 1. The molecule has 0 aliphatic carbocycles. The molecule has 104 valence electrons. The molecule has 1 saturated heterocycles. The van der Waals surface area contributed by atoms with Crippen LogP contribution in [0.25, 0.3) is 11.2 Å². The molecule has 1 fully saturated rings. The summed E-state index contributed by atoms with van der Waals surface area (Å²) in [7, 11) is 0. The van der Waals surface area contributed by atoms with E-state index in [1.54, 1.807) is 17.2 Å². The highest BCUT2D eigenvalue weighted by atomic mass is 16.6. The topological polar surface area (TPSA) is 121 Å². The first-order valence-corrected chi connectivity index (χ1v) is 6.21. The Bertz CT molecular complexity index is 686. The Morgan fingerprint density at radius 1 is 1.40 bits per heavy atom. The summed E-state index contributed by atoms with van der Waals surface area (Å²) in [5.41, 5.74) is 6.65. The first-order valence-electron chi connectivity index (χ1n) is 6.21. The van der Waals surface area contributed by atoms with Gasteiger partial charge in [-0.25, -0.2) is 4.98 Å². The number of hydrogen-bond acceptors (Lipinski definition) is 8. The summed E-state index contributed by atoms with van der Waals surface area (Å²) in [6.45, 7) is 0. The number of ether oxygens (including phenoxy) is 2. The molecule has 3 N–H and O–H groups in total. The summed E-state index contributed by atoms with van der Waals surface area (Å²) < 4.78 is 12.7. The van der Waals surface area contributed by atoms with Crippen molar-refractivity contribution in [2.45, 2.75) is 31.0 Å². The van der Waals surface area contributed by atoms with Crippen LogP contribution in [-0.4, -0.2) is 48.4 Å². The fourth-order valence-corrected chi connectivity index (χ4v) is 2.51. The molecule has 0 aromatic carbocycles. The van der Waals surface area contributed by atoms with E-state index in [-0.39, 0.29) is 18.1 Å². The van der Waals surface area contributed by atoms with Crippen molar-refractivity contribution in [3.8, 4) is 0 Å². The minimum Gasteiger partial charge on any atom is -0.491 e. The second-order valence-corrected chi connectivity index (χ2v) is 4.79. The quantitative estimate of drug-likeness (QED) is 0.743. The predicted octanol–water partition coefficient (Wildman–Crippen LogP) is -0.636. The number of nitrogens with zero attached hydrogens (tertiary/aromatic N) is 5. The monoisotopic (exact) mass is 276 g/mol. The zero-order chi connectivity index (χ0) is 13.7. The number of hydrogen-bond donors (Lipinski definition) is 2. The number of imidazole rings is 1. The van der Waals surface area contributed by atoms with Gasteiger partial charge in [0.05, 0.1) is 18.7 Å². The van der Waals surface area contributed by atoms with Crippen molar-refractivity contribution in [3.63, 3.8) is 0 Å². The lowest BCUT2D eigenvalue weighted by molar-refractivity contribution is -0.0822. The fraction of sp³-hybridized carbons (Fsp3) is 0.455. The van der Waals surface area contributed by atoms with Crippen LogP contribution in [0.15, 0.2) is 18.7 Å². The molecule has 0 bridgehead atoms. The highest BCUT2D eigenvalue weighted by Gasteiger charge is 2.42. The Morgan fingerprint density at radius 2 is 2.25 bits per heavy atom. The van der Waals surface area contributed by atoms with E-state index in [1.165, 1.54) is 0 Å². The van der Waals surface area contributed by atoms with Gasteiger partial charge in [0.15, 0.2) is 17.0 Å². The van der Waals surface area contributed by atoms with E-state index in [9.17, 15) is 5.11 Å². The molecule has 2 aromatic rings. The van der Waals surface area contributed by atoms with Gasteiger partial charge in [-0.3, -0.25) is 4.57 Å². The van der Waals surface area contributed by atoms with Gasteiger partial charge in [0, 0.05) is 6.42 Å². The zero-order valence-electron chi connectivity index (χ0n) is 10.3. The maximum Gasteiger partial charge on any atom is 0.190 e. The molecule has 4 rings (SSSR count). The van der Waals surface area contributed by atoms with Gasteiger partial charge in [-0.05, 0) is 11.3 Å². The number of nitrogens with two attached hydrogens (primary N) is 1. The molecule has 4 atom stereocenters. The van der Waals surface area contributed by atoms with E-state index in [0.29, 0.717) is 17.6 Å². The number of anilines is 1. The van der Waals surface area contributed by atoms with E-state index >= 15 is 0 Å². The number of fused-ring (bicyclic) bond motifs is 1. The number of rotatable bonds is 2. The summed E-state index contributed by atoms with van der Waals surface area (Å²) in [5, 5.41) is 21.2. The van der Waals surface area contributed by atoms with Gasteiger partial charge in [-0.15, -0.1) is 10.2 Å². The molecule has 0 radical (unpaired) electrons. The predicted molar refractivity (Wildman–Crippen MR) is 66.1 cm³/mol. The Hall–Kier alpha value is -2.26. The van der Waals surface area contributed by atoms with Crippen LogP contribution in [0.2, 0.25) is 0 Å². The minimum absolute atomic E-state index is 0.206. The van der Waals surface area contributed by atoms with Gasteiger partial charge in [0.25, 0.3) is 0 Å². The van der Waals surface area contributed by atoms with Crippen molar-refractivity contribution in [2.75, 3.05) is 5.73 Å². The molecule has 2 aliphatic rings. The molecule has 20 heavy (non-hydrogen) atoms. The molecule has 0 saturated carbocycles. The smallest absolute Gasteiger partial charge is 0.190 e. The van der Waals surface area contributed by atoms with Crippen molar-refractivity contribution < 1.29 is 14.6 Å². The lowest BCUT2D eigenvalue weighted by Gasteiger charge is -2.27. The standard InChI is InChI=1S/C11H12N6O3/c12-10-8-11(15-16-14-10)17(4-13-8)7-3-5(18)9(20-7)6-1-2-19-6/h1-2,4-7,9,18H,3H2,(H2,12,14,15)/t5-,6?,7+,9-/m0/s1. The van der Waals surface area contributed by atoms with Crippen molar-refractivity contribution in [1.29, 1.82) is 0 Å². The van der Waals surface area contributed by atoms with Crippen molar-refractivity contribution >= 4 is 17.0 Å². The zero-order valence-corrected chi connectivity index (χ0v) is 10.3. The molecular weight excluding hydrogens is 264 g/mol. The average Bonchev–Trinajstić information content (AvgIpc) is 2.93. The second kappa shape index (κ2) is 4.12. The van der Waals surface area contributed by atoms with E-state index in [1.807, 2.05) is 6.08 Å². The maximum absolute atomic E-state index is 10.1. The molecule has 1 unspecified atom stereocenters. The highest BCUT2D eigenvalue weighted by Crippen LogP contribution is 2.34. The summed E-state index contributed by atoms with van der Waals surface area (Å²) in [5.74, 6) is 0.217. The van der Waals surface area contributed by atoms with Gasteiger partial charge < -0.3 is 20.3 Å². The minimum atomic E-state index is -0.612. The average molecular weight is 276 g/mol. The van der Waals surface area contributed by atoms with Crippen LogP contribution in [-0.2, 0) is 9.47 Å². The van der Waals surface area contributed by atoms with Crippen molar-refractivity contribution in [1.82, 2.24) is 25.0 Å². The number of aromatic nitrogens is 5. The van der Waals surface area contributed by atoms with Gasteiger partial charge in [0.2, 0.25) is 0 Å². The van der Waals surface area contributed by atoms with Gasteiger partial charge in [-0.2, -0.15) is 0 Å². The largest absolute Gasteiger partial charge is 0.491 e. The maximum atomic E-state index is 10.1. The third-order valence-corrected chi connectivity index (χ3v) is 3.58.